The molecule has 1 aromatic rings. The highest BCUT2D eigenvalue weighted by Gasteiger charge is 2.28. The molecule has 2 rings (SSSR count). The first kappa shape index (κ1) is 19.3. The lowest BCUT2D eigenvalue weighted by Crippen LogP contribution is -2.55. The van der Waals surface area contributed by atoms with Crippen LogP contribution in [0.25, 0.3) is 0 Å². The predicted octanol–water partition coefficient (Wildman–Crippen LogP) is 2.63. The third-order valence-corrected chi connectivity index (χ3v) is 4.92. The second-order valence-electron chi connectivity index (χ2n) is 6.55. The lowest BCUT2D eigenvalue weighted by atomic mass is 10.1. The van der Waals surface area contributed by atoms with Crippen LogP contribution in [-0.2, 0) is 6.54 Å². The summed E-state index contributed by atoms with van der Waals surface area (Å²) in [5.74, 6) is 1.23. The fourth-order valence-corrected chi connectivity index (χ4v) is 3.79. The van der Waals surface area contributed by atoms with Gasteiger partial charge in [-0.25, -0.2) is 0 Å². The Hall–Kier alpha value is -1.01. The van der Waals surface area contributed by atoms with Gasteiger partial charge in [-0.2, -0.15) is 0 Å². The smallest absolute Gasteiger partial charge is 0.179 e. The van der Waals surface area contributed by atoms with E-state index in [0.29, 0.717) is 28.6 Å². The van der Waals surface area contributed by atoms with Crippen molar-refractivity contribution < 1.29 is 14.6 Å². The minimum absolute atomic E-state index is 0.226. The summed E-state index contributed by atoms with van der Waals surface area (Å²) < 4.78 is 10.7. The fourth-order valence-electron chi connectivity index (χ4n) is 3.48. The molecule has 1 atom stereocenters. The summed E-state index contributed by atoms with van der Waals surface area (Å²) in [5.41, 5.74) is 1.11. The number of aliphatic hydroxyl groups excluding tert-OH is 1. The molecule has 6 heteroatoms. The topological polar surface area (TPSA) is 45.2 Å². The van der Waals surface area contributed by atoms with E-state index < -0.39 is 0 Å². The molecular weight excluding hydrogens is 328 g/mol. The number of piperazine rings is 1. The minimum Gasteiger partial charge on any atom is -0.493 e. The number of aliphatic hydroxyl groups is 1. The first-order valence-electron chi connectivity index (χ1n) is 8.49. The van der Waals surface area contributed by atoms with Crippen LogP contribution < -0.4 is 9.47 Å². The number of rotatable bonds is 7. The average molecular weight is 357 g/mol. The van der Waals surface area contributed by atoms with Gasteiger partial charge in [-0.15, -0.1) is 0 Å². The molecule has 0 spiro atoms. The van der Waals surface area contributed by atoms with Crippen LogP contribution in [0.2, 0.25) is 5.02 Å². The predicted molar refractivity (Wildman–Crippen MR) is 97.2 cm³/mol. The van der Waals surface area contributed by atoms with Crippen molar-refractivity contribution in [2.75, 3.05) is 40.5 Å². The Morgan fingerprint density at radius 2 is 2.00 bits per heavy atom. The molecule has 24 heavy (non-hydrogen) atoms. The molecule has 5 nitrogen and oxygen atoms in total. The molecule has 1 aliphatic rings. The molecule has 1 heterocycles. The highest BCUT2D eigenvalue weighted by atomic mass is 35.5. The van der Waals surface area contributed by atoms with Crippen molar-refractivity contribution in [1.29, 1.82) is 0 Å². The van der Waals surface area contributed by atoms with Crippen LogP contribution in [0, 0.1) is 0 Å². The Morgan fingerprint density at radius 1 is 1.25 bits per heavy atom. The monoisotopic (exact) mass is 356 g/mol. The SMILES string of the molecule is COc1cc(CN2CCN(C(C)C)[C@H](CCO)C2)cc(Cl)c1OC. The molecule has 0 amide bonds. The Balaban J connectivity index is 2.10. The lowest BCUT2D eigenvalue weighted by molar-refractivity contribution is 0.0349. The normalized spacial score (nSPS) is 19.7. The van der Waals surface area contributed by atoms with E-state index in [1.54, 1.807) is 14.2 Å². The van der Waals surface area contributed by atoms with Crippen molar-refractivity contribution in [3.05, 3.63) is 22.7 Å². The molecular formula is C18H29ClN2O3. The van der Waals surface area contributed by atoms with Gasteiger partial charge in [0.15, 0.2) is 11.5 Å². The summed E-state index contributed by atoms with van der Waals surface area (Å²) >= 11 is 6.31. The van der Waals surface area contributed by atoms with Gasteiger partial charge in [0.2, 0.25) is 0 Å². The summed E-state index contributed by atoms with van der Waals surface area (Å²) in [6, 6.07) is 4.82. The van der Waals surface area contributed by atoms with Crippen molar-refractivity contribution in [2.45, 2.75) is 38.9 Å². The van der Waals surface area contributed by atoms with E-state index in [9.17, 15) is 5.11 Å². The van der Waals surface area contributed by atoms with Gasteiger partial charge in [-0.3, -0.25) is 9.80 Å². The number of ether oxygens (including phenoxy) is 2. The molecule has 0 unspecified atom stereocenters. The number of hydrogen-bond donors (Lipinski definition) is 1. The van der Waals surface area contributed by atoms with Crippen LogP contribution in [0.3, 0.4) is 0 Å². The maximum absolute atomic E-state index is 9.36. The molecule has 1 fully saturated rings. The molecule has 1 aromatic carbocycles. The van der Waals surface area contributed by atoms with E-state index in [0.717, 1.165) is 38.2 Å². The van der Waals surface area contributed by atoms with Gasteiger partial charge in [0, 0.05) is 44.9 Å². The Labute approximate surface area is 150 Å². The zero-order valence-electron chi connectivity index (χ0n) is 15.1. The molecule has 1 aliphatic heterocycles. The van der Waals surface area contributed by atoms with Gasteiger partial charge in [0.25, 0.3) is 0 Å². The molecule has 136 valence electrons. The molecule has 0 aromatic heterocycles. The van der Waals surface area contributed by atoms with E-state index >= 15 is 0 Å². The first-order chi connectivity index (χ1) is 11.5. The zero-order valence-corrected chi connectivity index (χ0v) is 15.8. The highest BCUT2D eigenvalue weighted by molar-refractivity contribution is 6.32. The maximum atomic E-state index is 9.36. The van der Waals surface area contributed by atoms with Crippen LogP contribution in [0.4, 0.5) is 0 Å². The summed E-state index contributed by atoms with van der Waals surface area (Å²) in [5, 5.41) is 9.93. The lowest BCUT2D eigenvalue weighted by Gasteiger charge is -2.43. The fraction of sp³-hybridized carbons (Fsp3) is 0.667. The van der Waals surface area contributed by atoms with E-state index in [2.05, 4.69) is 23.6 Å². The maximum Gasteiger partial charge on any atom is 0.179 e. The summed E-state index contributed by atoms with van der Waals surface area (Å²) in [6.45, 7) is 8.44. The largest absolute Gasteiger partial charge is 0.493 e. The van der Waals surface area contributed by atoms with Crippen LogP contribution in [0.1, 0.15) is 25.8 Å². The Bertz CT molecular complexity index is 539. The molecule has 1 N–H and O–H groups in total. The van der Waals surface area contributed by atoms with E-state index in [4.69, 9.17) is 21.1 Å². The number of halogens is 1. The van der Waals surface area contributed by atoms with Gasteiger partial charge in [-0.05, 0) is 38.0 Å². The first-order valence-corrected chi connectivity index (χ1v) is 8.87. The Kier molecular flexibility index (Phi) is 7.16. The van der Waals surface area contributed by atoms with Crippen LogP contribution >= 0.6 is 11.6 Å². The second kappa shape index (κ2) is 8.90. The number of hydrogen-bond acceptors (Lipinski definition) is 5. The summed E-state index contributed by atoms with van der Waals surface area (Å²) in [7, 11) is 3.21. The van der Waals surface area contributed by atoms with Crippen LogP contribution in [0.5, 0.6) is 11.5 Å². The summed E-state index contributed by atoms with van der Waals surface area (Å²) in [4.78, 5) is 4.89. The second-order valence-corrected chi connectivity index (χ2v) is 6.95. The summed E-state index contributed by atoms with van der Waals surface area (Å²) in [6.07, 6.45) is 0.807. The van der Waals surface area contributed by atoms with E-state index in [1.807, 2.05) is 12.1 Å². The van der Waals surface area contributed by atoms with Crippen LogP contribution in [0.15, 0.2) is 12.1 Å². The van der Waals surface area contributed by atoms with Crippen molar-refractivity contribution in [1.82, 2.24) is 9.80 Å². The van der Waals surface area contributed by atoms with Gasteiger partial charge < -0.3 is 14.6 Å². The van der Waals surface area contributed by atoms with Gasteiger partial charge in [0.1, 0.15) is 0 Å². The van der Waals surface area contributed by atoms with E-state index in [1.165, 1.54) is 0 Å². The molecule has 0 aliphatic carbocycles. The molecule has 0 radical (unpaired) electrons. The number of methoxy groups -OCH3 is 2. The van der Waals surface area contributed by atoms with Crippen molar-refractivity contribution in [3.63, 3.8) is 0 Å². The van der Waals surface area contributed by atoms with E-state index in [-0.39, 0.29) is 6.61 Å². The third-order valence-electron chi connectivity index (χ3n) is 4.64. The zero-order chi connectivity index (χ0) is 17.7. The van der Waals surface area contributed by atoms with Crippen molar-refractivity contribution in [2.24, 2.45) is 0 Å². The standard InChI is InChI=1S/C18H29ClN2O3/c1-13(2)21-7-6-20(12-15(21)5-8-22)11-14-9-16(19)18(24-4)17(10-14)23-3/h9-10,13,15,22H,5-8,11-12H2,1-4H3/t15-/m1/s1. The van der Waals surface area contributed by atoms with Crippen molar-refractivity contribution >= 4 is 11.6 Å². The average Bonchev–Trinajstić information content (AvgIpc) is 2.54. The molecule has 1 saturated heterocycles. The molecule has 0 saturated carbocycles. The number of nitrogens with zero attached hydrogens (tertiary/aromatic N) is 2. The van der Waals surface area contributed by atoms with Gasteiger partial charge >= 0.3 is 0 Å². The molecule has 0 bridgehead atoms. The van der Waals surface area contributed by atoms with Crippen LogP contribution in [-0.4, -0.2) is 67.5 Å². The number of benzene rings is 1. The van der Waals surface area contributed by atoms with Crippen molar-refractivity contribution in [3.8, 4) is 11.5 Å². The van der Waals surface area contributed by atoms with Gasteiger partial charge in [-0.1, -0.05) is 11.6 Å². The Morgan fingerprint density at radius 3 is 2.58 bits per heavy atom. The van der Waals surface area contributed by atoms with Gasteiger partial charge in [0.05, 0.1) is 19.2 Å². The third kappa shape index (κ3) is 4.54. The highest BCUT2D eigenvalue weighted by Crippen LogP contribution is 2.36. The quantitative estimate of drug-likeness (QED) is 0.813. The minimum atomic E-state index is 0.226.